The molecule has 0 saturated heterocycles. The number of hydrogen-bond donors (Lipinski definition) is 0. The van der Waals surface area contributed by atoms with Crippen LogP contribution in [0.25, 0.3) is 0 Å². The number of Topliss-reactive ketones (excluding diaryl/α,β-unsaturated/α-hetero) is 1. The van der Waals surface area contributed by atoms with E-state index >= 15 is 0 Å². The Labute approximate surface area is 109 Å². The molecule has 1 fully saturated rings. The van der Waals surface area contributed by atoms with Crippen molar-refractivity contribution in [3.8, 4) is 0 Å². The molecule has 100 valence electrons. The fourth-order valence-corrected chi connectivity index (χ4v) is 2.78. The van der Waals surface area contributed by atoms with Gasteiger partial charge in [-0.3, -0.25) is 4.79 Å². The summed E-state index contributed by atoms with van der Waals surface area (Å²) < 4.78 is 7.64. The van der Waals surface area contributed by atoms with Gasteiger partial charge in [0.05, 0.1) is 11.8 Å². The van der Waals surface area contributed by atoms with Gasteiger partial charge in [-0.2, -0.15) is 0 Å². The summed E-state index contributed by atoms with van der Waals surface area (Å²) in [4.78, 5) is 12.0. The third-order valence-corrected chi connectivity index (χ3v) is 3.99. The molecule has 1 heterocycles. The van der Waals surface area contributed by atoms with Crippen LogP contribution in [0.2, 0.25) is 0 Å². The number of hydrogen-bond acceptors (Lipinski definition) is 2. The average Bonchev–Trinajstić information content (AvgIpc) is 2.82. The van der Waals surface area contributed by atoms with Gasteiger partial charge in [0.15, 0.2) is 0 Å². The van der Waals surface area contributed by atoms with Crippen molar-refractivity contribution < 1.29 is 9.53 Å². The minimum atomic E-state index is 0.0844. The zero-order chi connectivity index (χ0) is 13.0. The Morgan fingerprint density at radius 2 is 2.33 bits per heavy atom. The number of aryl methyl sites for hydroxylation is 1. The summed E-state index contributed by atoms with van der Waals surface area (Å²) in [6.07, 6.45) is 8.19. The molecule has 0 amide bonds. The number of carbonyl (C=O) groups excluding carboxylic acids is 1. The normalized spacial score (nSPS) is 24.1. The topological polar surface area (TPSA) is 31.2 Å². The van der Waals surface area contributed by atoms with E-state index < -0.39 is 0 Å². The zero-order valence-electron chi connectivity index (χ0n) is 11.4. The van der Waals surface area contributed by atoms with Crippen LogP contribution in [0.5, 0.6) is 0 Å². The van der Waals surface area contributed by atoms with Gasteiger partial charge in [0.2, 0.25) is 5.78 Å². The molecule has 0 N–H and O–H groups in total. The molecular weight excluding hydrogens is 226 g/mol. The first-order chi connectivity index (χ1) is 8.70. The summed E-state index contributed by atoms with van der Waals surface area (Å²) in [5, 5.41) is 0. The molecule has 1 aromatic heterocycles. The van der Waals surface area contributed by atoms with E-state index in [0.29, 0.717) is 0 Å². The molecule has 0 radical (unpaired) electrons. The van der Waals surface area contributed by atoms with Gasteiger partial charge in [-0.1, -0.05) is 26.2 Å². The smallest absolute Gasteiger partial charge is 0.204 e. The van der Waals surface area contributed by atoms with Crippen molar-refractivity contribution in [3.05, 3.63) is 24.0 Å². The molecule has 1 aliphatic carbocycles. The Morgan fingerprint density at radius 1 is 1.50 bits per heavy atom. The minimum Gasteiger partial charge on any atom is -0.370 e. The van der Waals surface area contributed by atoms with Crippen molar-refractivity contribution in [3.63, 3.8) is 0 Å². The number of carbonyl (C=O) groups is 1. The highest BCUT2D eigenvalue weighted by molar-refractivity contribution is 5.95. The van der Waals surface area contributed by atoms with E-state index in [1.54, 1.807) is 0 Å². The second kappa shape index (κ2) is 6.19. The molecule has 2 unspecified atom stereocenters. The molecule has 18 heavy (non-hydrogen) atoms. The third kappa shape index (κ3) is 3.22. The van der Waals surface area contributed by atoms with E-state index in [4.69, 9.17) is 4.74 Å². The Balaban J connectivity index is 1.81. The Bertz CT molecular complexity index is 397. The second-order valence-electron chi connectivity index (χ2n) is 5.30. The molecule has 0 aliphatic heterocycles. The highest BCUT2D eigenvalue weighted by Gasteiger charge is 2.22. The van der Waals surface area contributed by atoms with Crippen molar-refractivity contribution >= 4 is 5.78 Å². The molecule has 1 aliphatic rings. The lowest BCUT2D eigenvalue weighted by Gasteiger charge is -2.28. The van der Waals surface area contributed by atoms with Crippen LogP contribution in [0.1, 0.15) is 49.5 Å². The largest absolute Gasteiger partial charge is 0.370 e. The first kappa shape index (κ1) is 13.3. The van der Waals surface area contributed by atoms with Crippen LogP contribution in [-0.2, 0) is 11.8 Å². The highest BCUT2D eigenvalue weighted by Crippen LogP contribution is 2.28. The summed E-state index contributed by atoms with van der Waals surface area (Å²) in [5.74, 6) is 0.870. The van der Waals surface area contributed by atoms with Gasteiger partial charge < -0.3 is 9.30 Å². The maximum absolute atomic E-state index is 12.0. The summed E-state index contributed by atoms with van der Waals surface area (Å²) in [6.45, 7) is 2.46. The van der Waals surface area contributed by atoms with Gasteiger partial charge in [-0.05, 0) is 30.9 Å². The van der Waals surface area contributed by atoms with Crippen molar-refractivity contribution in [2.75, 3.05) is 6.61 Å². The monoisotopic (exact) mass is 249 g/mol. The predicted octanol–water partition coefficient (Wildman–Crippen LogP) is 3.19. The maximum atomic E-state index is 12.0. The van der Waals surface area contributed by atoms with Crippen LogP contribution in [0, 0.1) is 5.92 Å². The van der Waals surface area contributed by atoms with Crippen molar-refractivity contribution in [1.82, 2.24) is 4.57 Å². The number of ether oxygens (including phenoxy) is 1. The van der Waals surface area contributed by atoms with Gasteiger partial charge in [-0.25, -0.2) is 0 Å². The number of nitrogens with zero attached hydrogens (tertiary/aromatic N) is 1. The standard InChI is InChI=1S/C15H23NO2/c1-3-12-6-4-7-13(10-12)18-11-15(17)14-8-5-9-16(14)2/h5,8-9,12-13H,3-4,6-7,10-11H2,1-2H3. The molecular formula is C15H23NO2. The van der Waals surface area contributed by atoms with Crippen LogP contribution < -0.4 is 0 Å². The second-order valence-corrected chi connectivity index (χ2v) is 5.30. The lowest BCUT2D eigenvalue weighted by atomic mass is 9.85. The third-order valence-electron chi connectivity index (χ3n) is 3.99. The van der Waals surface area contributed by atoms with Crippen LogP contribution in [0.3, 0.4) is 0 Å². The van der Waals surface area contributed by atoms with Gasteiger partial charge in [0.1, 0.15) is 6.61 Å². The predicted molar refractivity (Wildman–Crippen MR) is 71.7 cm³/mol. The fraction of sp³-hybridized carbons (Fsp3) is 0.667. The lowest BCUT2D eigenvalue weighted by molar-refractivity contribution is 0.0153. The van der Waals surface area contributed by atoms with Crippen molar-refractivity contribution in [1.29, 1.82) is 0 Å². The van der Waals surface area contributed by atoms with Gasteiger partial charge in [0.25, 0.3) is 0 Å². The number of aromatic nitrogens is 1. The van der Waals surface area contributed by atoms with E-state index in [0.717, 1.165) is 24.5 Å². The van der Waals surface area contributed by atoms with Crippen LogP contribution in [0.15, 0.2) is 18.3 Å². The number of ketones is 1. The van der Waals surface area contributed by atoms with Gasteiger partial charge in [-0.15, -0.1) is 0 Å². The first-order valence-electron chi connectivity index (χ1n) is 6.96. The Hall–Kier alpha value is -1.09. The molecule has 2 atom stereocenters. The summed E-state index contributed by atoms with van der Waals surface area (Å²) >= 11 is 0. The van der Waals surface area contributed by atoms with Gasteiger partial charge in [0, 0.05) is 13.2 Å². The van der Waals surface area contributed by atoms with E-state index in [1.807, 2.05) is 29.9 Å². The fourth-order valence-electron chi connectivity index (χ4n) is 2.78. The zero-order valence-corrected chi connectivity index (χ0v) is 11.4. The summed E-state index contributed by atoms with van der Waals surface area (Å²) in [5.41, 5.74) is 0.734. The molecule has 0 bridgehead atoms. The van der Waals surface area contributed by atoms with Gasteiger partial charge >= 0.3 is 0 Å². The minimum absolute atomic E-state index is 0.0844. The lowest BCUT2D eigenvalue weighted by Crippen LogP contribution is -2.25. The molecule has 2 rings (SSSR count). The maximum Gasteiger partial charge on any atom is 0.204 e. The summed E-state index contributed by atoms with van der Waals surface area (Å²) in [7, 11) is 1.89. The van der Waals surface area contributed by atoms with Crippen molar-refractivity contribution in [2.45, 2.75) is 45.1 Å². The van der Waals surface area contributed by atoms with Crippen molar-refractivity contribution in [2.24, 2.45) is 13.0 Å². The Kier molecular flexibility index (Phi) is 4.59. The molecule has 1 saturated carbocycles. The van der Waals surface area contributed by atoms with Crippen LogP contribution in [-0.4, -0.2) is 23.1 Å². The number of rotatable bonds is 5. The molecule has 0 spiro atoms. The molecule has 0 aromatic carbocycles. The molecule has 1 aromatic rings. The summed E-state index contributed by atoms with van der Waals surface area (Å²) in [6, 6.07) is 3.74. The van der Waals surface area contributed by atoms with E-state index in [2.05, 4.69) is 6.92 Å². The van der Waals surface area contributed by atoms with Crippen LogP contribution >= 0.6 is 0 Å². The SMILES string of the molecule is CCC1CCCC(OCC(=O)c2cccn2C)C1. The average molecular weight is 249 g/mol. The highest BCUT2D eigenvalue weighted by atomic mass is 16.5. The van der Waals surface area contributed by atoms with E-state index in [1.165, 1.54) is 19.3 Å². The first-order valence-corrected chi connectivity index (χ1v) is 6.96. The quantitative estimate of drug-likeness (QED) is 0.750. The Morgan fingerprint density at radius 3 is 3.00 bits per heavy atom. The van der Waals surface area contributed by atoms with E-state index in [-0.39, 0.29) is 18.5 Å². The van der Waals surface area contributed by atoms with Crippen LogP contribution in [0.4, 0.5) is 0 Å². The van der Waals surface area contributed by atoms with E-state index in [9.17, 15) is 4.79 Å². The molecule has 3 nitrogen and oxygen atoms in total. The molecule has 3 heteroatoms.